The zero-order valence-electron chi connectivity index (χ0n) is 15.9. The van der Waals surface area contributed by atoms with Crippen molar-refractivity contribution in [3.05, 3.63) is 0 Å². The number of carbonyl (C=O) groups excluding carboxylic acids is 1. The number of hydrogen-bond acceptors (Lipinski definition) is 3. The lowest BCUT2D eigenvalue weighted by Crippen LogP contribution is -2.60. The minimum Gasteiger partial charge on any atom is -0.462 e. The van der Waals surface area contributed by atoms with Crippen LogP contribution in [0.4, 0.5) is 0 Å². The van der Waals surface area contributed by atoms with Gasteiger partial charge in [0.1, 0.15) is 30.4 Å². The van der Waals surface area contributed by atoms with Gasteiger partial charge in [-0.1, -0.05) is 25.7 Å². The summed E-state index contributed by atoms with van der Waals surface area (Å²) in [6, 6.07) is 1.05. The van der Waals surface area contributed by atoms with Gasteiger partial charge in [0.15, 0.2) is 0 Å². The third-order valence-corrected chi connectivity index (χ3v) is 8.41. The molecule has 0 spiro atoms. The van der Waals surface area contributed by atoms with Crippen molar-refractivity contribution in [1.82, 2.24) is 0 Å². The van der Waals surface area contributed by atoms with Gasteiger partial charge in [0.25, 0.3) is 0 Å². The van der Waals surface area contributed by atoms with E-state index in [4.69, 9.17) is 9.47 Å². The molecule has 25 heavy (non-hydrogen) atoms. The highest BCUT2D eigenvalue weighted by atomic mass is 16.6. The fourth-order valence-electron chi connectivity index (χ4n) is 6.95. The van der Waals surface area contributed by atoms with E-state index in [1.54, 1.807) is 0 Å². The molecular formula is C21H34NO3+. The number of carbonyl (C=O) groups is 1. The quantitative estimate of drug-likeness (QED) is 0.445. The lowest BCUT2D eigenvalue weighted by Gasteiger charge is -2.45. The fourth-order valence-corrected chi connectivity index (χ4v) is 6.95. The molecule has 0 aromatic carbocycles. The maximum Gasteiger partial charge on any atom is 0.309 e. The van der Waals surface area contributed by atoms with E-state index in [1.165, 1.54) is 51.4 Å². The Labute approximate surface area is 151 Å². The van der Waals surface area contributed by atoms with Gasteiger partial charge in [-0.05, 0) is 37.5 Å². The number of epoxide rings is 1. The Morgan fingerprint density at radius 3 is 1.88 bits per heavy atom. The van der Waals surface area contributed by atoms with Gasteiger partial charge < -0.3 is 14.0 Å². The van der Waals surface area contributed by atoms with Gasteiger partial charge in [-0.3, -0.25) is 4.79 Å². The third-order valence-electron chi connectivity index (χ3n) is 8.41. The van der Waals surface area contributed by atoms with Crippen molar-refractivity contribution >= 4 is 5.97 Å². The van der Waals surface area contributed by atoms with E-state index < -0.39 is 0 Å². The van der Waals surface area contributed by atoms with Crippen molar-refractivity contribution in [1.29, 1.82) is 0 Å². The van der Waals surface area contributed by atoms with E-state index in [9.17, 15) is 4.79 Å². The molecule has 4 heteroatoms. The van der Waals surface area contributed by atoms with Crippen LogP contribution in [-0.4, -0.2) is 54.9 Å². The number of piperidine rings is 1. The Morgan fingerprint density at radius 2 is 1.40 bits per heavy atom. The van der Waals surface area contributed by atoms with Gasteiger partial charge in [-0.15, -0.1) is 0 Å². The highest BCUT2D eigenvalue weighted by Crippen LogP contribution is 2.52. The molecule has 5 aliphatic rings. The van der Waals surface area contributed by atoms with Gasteiger partial charge in [0, 0.05) is 12.8 Å². The normalized spacial score (nSPS) is 42.8. The predicted molar refractivity (Wildman–Crippen MR) is 94.9 cm³/mol. The van der Waals surface area contributed by atoms with Gasteiger partial charge in [-0.2, -0.15) is 0 Å². The molecule has 3 aliphatic heterocycles. The number of likely N-dealkylation sites (N-methyl/N-ethyl adjacent to an activating group) is 1. The summed E-state index contributed by atoms with van der Waals surface area (Å²) in [4.78, 5) is 13.2. The molecule has 2 aliphatic carbocycles. The first kappa shape index (κ1) is 16.6. The predicted octanol–water partition coefficient (Wildman–Crippen LogP) is 3.28. The zero-order valence-corrected chi connectivity index (χ0v) is 15.9. The highest BCUT2D eigenvalue weighted by molar-refractivity contribution is 5.73. The second kappa shape index (κ2) is 5.95. The van der Waals surface area contributed by atoms with E-state index in [-0.39, 0.29) is 18.0 Å². The molecule has 0 amide bonds. The van der Waals surface area contributed by atoms with E-state index in [2.05, 4.69) is 14.1 Å². The van der Waals surface area contributed by atoms with Crippen molar-refractivity contribution < 1.29 is 18.8 Å². The molecule has 0 N–H and O–H groups in total. The minimum absolute atomic E-state index is 0.135. The van der Waals surface area contributed by atoms with Crippen LogP contribution in [-0.2, 0) is 14.3 Å². The van der Waals surface area contributed by atoms with Crippen LogP contribution in [0.5, 0.6) is 0 Å². The Balaban J connectivity index is 1.27. The standard InChI is InChI=1S/C21H34NO3/c1-22(2)16-11-15(12-17(22)20-19(16)25-20)24-21(23)18(13-7-3-4-8-13)14-9-5-6-10-14/h13-20H,3-12H2,1-2H3/q+1/t15?,16-,17+,19-,20+. The molecule has 0 aromatic heterocycles. The molecule has 4 nitrogen and oxygen atoms in total. The van der Waals surface area contributed by atoms with Crippen molar-refractivity contribution in [3.8, 4) is 0 Å². The Hall–Kier alpha value is -0.610. The Bertz CT molecular complexity index is 499. The van der Waals surface area contributed by atoms with Crippen LogP contribution in [0.3, 0.4) is 0 Å². The van der Waals surface area contributed by atoms with Gasteiger partial charge in [0.05, 0.1) is 20.0 Å². The van der Waals surface area contributed by atoms with E-state index in [0.29, 0.717) is 36.1 Å². The number of ether oxygens (including phenoxy) is 2. The summed E-state index contributed by atoms with van der Waals surface area (Å²) in [5.74, 6) is 1.54. The van der Waals surface area contributed by atoms with Crippen LogP contribution in [0.15, 0.2) is 0 Å². The highest BCUT2D eigenvalue weighted by Gasteiger charge is 2.70. The number of rotatable bonds is 4. The molecule has 2 saturated carbocycles. The van der Waals surface area contributed by atoms with Crippen LogP contribution in [0.1, 0.15) is 64.2 Å². The largest absolute Gasteiger partial charge is 0.462 e. The fraction of sp³-hybridized carbons (Fsp3) is 0.952. The molecular weight excluding hydrogens is 314 g/mol. The number of hydrogen-bond donors (Lipinski definition) is 0. The molecule has 0 radical (unpaired) electrons. The van der Waals surface area contributed by atoms with E-state index in [0.717, 1.165) is 17.3 Å². The zero-order chi connectivity index (χ0) is 17.2. The molecule has 2 bridgehead atoms. The smallest absolute Gasteiger partial charge is 0.309 e. The molecule has 140 valence electrons. The maximum atomic E-state index is 13.2. The first-order valence-corrected chi connectivity index (χ1v) is 10.7. The second-order valence-electron chi connectivity index (χ2n) is 9.97. The summed E-state index contributed by atoms with van der Waals surface area (Å²) in [7, 11) is 4.67. The summed E-state index contributed by atoms with van der Waals surface area (Å²) in [5.41, 5.74) is 0. The van der Waals surface area contributed by atoms with Crippen molar-refractivity contribution in [3.63, 3.8) is 0 Å². The number of esters is 1. The van der Waals surface area contributed by atoms with E-state index >= 15 is 0 Å². The van der Waals surface area contributed by atoms with Crippen LogP contribution < -0.4 is 0 Å². The number of morpholine rings is 1. The SMILES string of the molecule is C[N+]1(C)[C@@H]2CC(OC(=O)C(C3CCCC3)C3CCCC3)C[C@H]1[C@@H]1O[C@@H]12. The molecule has 1 unspecified atom stereocenters. The first-order chi connectivity index (χ1) is 12.1. The monoisotopic (exact) mass is 348 g/mol. The average Bonchev–Trinajstić information content (AvgIpc) is 2.91. The van der Waals surface area contributed by atoms with Crippen molar-refractivity contribution in [2.24, 2.45) is 17.8 Å². The topological polar surface area (TPSA) is 38.8 Å². The number of quaternary nitrogens is 1. The Kier molecular flexibility index (Phi) is 3.94. The molecule has 5 atom stereocenters. The molecule has 3 heterocycles. The summed E-state index contributed by atoms with van der Waals surface area (Å²) >= 11 is 0. The summed E-state index contributed by atoms with van der Waals surface area (Å²) < 4.78 is 13.1. The van der Waals surface area contributed by atoms with Crippen LogP contribution in [0, 0.1) is 17.8 Å². The number of fused-ring (bicyclic) bond motifs is 5. The van der Waals surface area contributed by atoms with Gasteiger partial charge in [-0.25, -0.2) is 0 Å². The van der Waals surface area contributed by atoms with Crippen molar-refractivity contribution in [2.45, 2.75) is 94.6 Å². The van der Waals surface area contributed by atoms with Crippen LogP contribution in [0.2, 0.25) is 0 Å². The van der Waals surface area contributed by atoms with Gasteiger partial charge in [0.2, 0.25) is 0 Å². The molecule has 5 fully saturated rings. The minimum atomic E-state index is 0.135. The van der Waals surface area contributed by atoms with Crippen LogP contribution in [0.25, 0.3) is 0 Å². The Morgan fingerprint density at radius 1 is 0.920 bits per heavy atom. The third kappa shape index (κ3) is 2.66. The average molecular weight is 349 g/mol. The summed E-state index contributed by atoms with van der Waals surface area (Å²) in [6.07, 6.45) is 13.2. The van der Waals surface area contributed by atoms with Gasteiger partial charge >= 0.3 is 5.97 Å². The summed E-state index contributed by atoms with van der Waals surface area (Å²) in [5, 5.41) is 0. The summed E-state index contributed by atoms with van der Waals surface area (Å²) in [6.45, 7) is 0. The molecule has 5 rings (SSSR count). The maximum absolute atomic E-state index is 13.2. The van der Waals surface area contributed by atoms with Crippen molar-refractivity contribution in [2.75, 3.05) is 14.1 Å². The second-order valence-corrected chi connectivity index (χ2v) is 9.97. The van der Waals surface area contributed by atoms with Crippen LogP contribution >= 0.6 is 0 Å². The number of nitrogens with zero attached hydrogens (tertiary/aromatic N) is 1. The molecule has 3 saturated heterocycles. The van der Waals surface area contributed by atoms with E-state index in [1.807, 2.05) is 0 Å². The lowest BCUT2D eigenvalue weighted by molar-refractivity contribution is -0.938. The first-order valence-electron chi connectivity index (χ1n) is 10.7. The lowest BCUT2D eigenvalue weighted by atomic mass is 9.79. The molecule has 0 aromatic rings.